The largest absolute Gasteiger partial charge is 0.394 e. The maximum absolute atomic E-state index is 9.16. The lowest BCUT2D eigenvalue weighted by molar-refractivity contribution is 0.202. The van der Waals surface area contributed by atoms with Crippen molar-refractivity contribution in [2.75, 3.05) is 13.2 Å². The van der Waals surface area contributed by atoms with Crippen LogP contribution in [0.3, 0.4) is 0 Å². The van der Waals surface area contributed by atoms with Crippen LogP contribution in [-0.2, 0) is 12.0 Å². The summed E-state index contributed by atoms with van der Waals surface area (Å²) in [5.41, 5.74) is 6.37. The smallest absolute Gasteiger partial charge is 0.0859 e. The highest BCUT2D eigenvalue weighted by molar-refractivity contribution is 5.06. The number of aliphatic hydroxyl groups is 1. The van der Waals surface area contributed by atoms with Crippen molar-refractivity contribution in [2.24, 2.45) is 5.73 Å². The third-order valence-electron chi connectivity index (χ3n) is 2.65. The molecule has 2 rings (SSSR count). The molecule has 3 N–H and O–H groups in total. The van der Waals surface area contributed by atoms with E-state index in [0.29, 0.717) is 6.54 Å². The molecule has 13 heavy (non-hydrogen) atoms. The monoisotopic (exact) mass is 181 g/mol. The third kappa shape index (κ3) is 1.47. The zero-order chi connectivity index (χ0) is 9.31. The predicted octanol–water partition coefficient (Wildman–Crippen LogP) is -0.134. The van der Waals surface area contributed by atoms with Crippen molar-refractivity contribution in [3.8, 4) is 0 Å². The molecule has 72 valence electrons. The van der Waals surface area contributed by atoms with Crippen LogP contribution in [-0.4, -0.2) is 28.0 Å². The Balaban J connectivity index is 2.13. The van der Waals surface area contributed by atoms with Crippen LogP contribution in [0.25, 0.3) is 0 Å². The number of rotatable bonds is 4. The Bertz CT molecular complexity index is 291. The van der Waals surface area contributed by atoms with Crippen molar-refractivity contribution >= 4 is 0 Å². The van der Waals surface area contributed by atoms with Gasteiger partial charge in [0.05, 0.1) is 17.8 Å². The van der Waals surface area contributed by atoms with Gasteiger partial charge in [-0.25, -0.2) is 0 Å². The second kappa shape index (κ2) is 3.12. The van der Waals surface area contributed by atoms with Crippen molar-refractivity contribution in [1.29, 1.82) is 0 Å². The highest BCUT2D eigenvalue weighted by Gasteiger charge is 2.44. The van der Waals surface area contributed by atoms with Crippen molar-refractivity contribution in [2.45, 2.75) is 24.8 Å². The molecule has 0 radical (unpaired) electrons. The molecule has 0 aliphatic heterocycles. The standard InChI is InChI=1S/C9H15N3O/c10-5-1-8-2-6-12(11-8)9(7-13)3-4-9/h2,6,13H,1,3-5,7,10H2. The van der Waals surface area contributed by atoms with Crippen molar-refractivity contribution in [1.82, 2.24) is 9.78 Å². The van der Waals surface area contributed by atoms with Gasteiger partial charge in [0.1, 0.15) is 0 Å². The summed E-state index contributed by atoms with van der Waals surface area (Å²) in [6.07, 6.45) is 4.82. The van der Waals surface area contributed by atoms with E-state index in [0.717, 1.165) is 25.0 Å². The average molecular weight is 181 g/mol. The van der Waals surface area contributed by atoms with Gasteiger partial charge in [-0.05, 0) is 25.5 Å². The number of aliphatic hydroxyl groups excluding tert-OH is 1. The molecule has 1 saturated carbocycles. The van der Waals surface area contributed by atoms with E-state index < -0.39 is 0 Å². The van der Waals surface area contributed by atoms with Crippen LogP contribution >= 0.6 is 0 Å². The first-order chi connectivity index (χ1) is 6.30. The van der Waals surface area contributed by atoms with E-state index >= 15 is 0 Å². The van der Waals surface area contributed by atoms with Crippen LogP contribution in [0.15, 0.2) is 12.3 Å². The molecule has 4 heteroatoms. The van der Waals surface area contributed by atoms with Crippen molar-refractivity contribution in [3.63, 3.8) is 0 Å². The van der Waals surface area contributed by atoms with E-state index in [1.54, 1.807) is 0 Å². The van der Waals surface area contributed by atoms with Gasteiger partial charge in [-0.1, -0.05) is 0 Å². The molecule has 0 unspecified atom stereocenters. The summed E-state index contributed by atoms with van der Waals surface area (Å²) in [6, 6.07) is 1.97. The topological polar surface area (TPSA) is 64.1 Å². The van der Waals surface area contributed by atoms with Crippen LogP contribution < -0.4 is 5.73 Å². The number of hydrogen-bond donors (Lipinski definition) is 2. The number of nitrogens with two attached hydrogens (primary N) is 1. The molecule has 1 aromatic rings. The highest BCUT2D eigenvalue weighted by atomic mass is 16.3. The number of hydrogen-bond acceptors (Lipinski definition) is 3. The Morgan fingerprint density at radius 3 is 2.92 bits per heavy atom. The molecule has 1 heterocycles. The normalized spacial score (nSPS) is 18.9. The maximum Gasteiger partial charge on any atom is 0.0859 e. The second-order valence-electron chi connectivity index (χ2n) is 3.67. The molecule has 0 bridgehead atoms. The Morgan fingerprint density at radius 2 is 2.38 bits per heavy atom. The van der Waals surface area contributed by atoms with Gasteiger partial charge < -0.3 is 10.8 Å². The van der Waals surface area contributed by atoms with Gasteiger partial charge in [0.15, 0.2) is 0 Å². The maximum atomic E-state index is 9.16. The second-order valence-corrected chi connectivity index (χ2v) is 3.67. The first-order valence-corrected chi connectivity index (χ1v) is 4.67. The lowest BCUT2D eigenvalue weighted by Crippen LogP contribution is -2.22. The fourth-order valence-corrected chi connectivity index (χ4v) is 1.51. The van der Waals surface area contributed by atoms with Crippen LogP contribution in [0.4, 0.5) is 0 Å². The van der Waals surface area contributed by atoms with E-state index in [9.17, 15) is 0 Å². The summed E-state index contributed by atoms with van der Waals surface area (Å²) in [5, 5.41) is 13.5. The zero-order valence-electron chi connectivity index (χ0n) is 7.61. The van der Waals surface area contributed by atoms with Gasteiger partial charge >= 0.3 is 0 Å². The zero-order valence-corrected chi connectivity index (χ0v) is 7.61. The third-order valence-corrected chi connectivity index (χ3v) is 2.65. The summed E-state index contributed by atoms with van der Waals surface area (Å²) in [5.74, 6) is 0. The molecular formula is C9H15N3O. The molecule has 1 aliphatic rings. The van der Waals surface area contributed by atoms with E-state index in [1.165, 1.54) is 0 Å². The van der Waals surface area contributed by atoms with Gasteiger partial charge in [0.2, 0.25) is 0 Å². The molecule has 4 nitrogen and oxygen atoms in total. The van der Waals surface area contributed by atoms with Crippen molar-refractivity contribution in [3.05, 3.63) is 18.0 Å². The lowest BCUT2D eigenvalue weighted by atomic mass is 10.3. The van der Waals surface area contributed by atoms with Crippen LogP contribution in [0.1, 0.15) is 18.5 Å². The fraction of sp³-hybridized carbons (Fsp3) is 0.667. The van der Waals surface area contributed by atoms with Gasteiger partial charge in [0.25, 0.3) is 0 Å². The van der Waals surface area contributed by atoms with E-state index in [4.69, 9.17) is 10.8 Å². The molecule has 0 aromatic carbocycles. The van der Waals surface area contributed by atoms with Gasteiger partial charge in [-0.2, -0.15) is 5.10 Å². The Morgan fingerprint density at radius 1 is 1.62 bits per heavy atom. The van der Waals surface area contributed by atoms with Crippen LogP contribution in [0.2, 0.25) is 0 Å². The predicted molar refractivity (Wildman–Crippen MR) is 49.3 cm³/mol. The van der Waals surface area contributed by atoms with Crippen LogP contribution in [0.5, 0.6) is 0 Å². The van der Waals surface area contributed by atoms with Gasteiger partial charge in [-0.3, -0.25) is 4.68 Å². The van der Waals surface area contributed by atoms with Gasteiger partial charge in [-0.15, -0.1) is 0 Å². The van der Waals surface area contributed by atoms with E-state index in [2.05, 4.69) is 5.10 Å². The molecule has 1 fully saturated rings. The Hall–Kier alpha value is -0.870. The Kier molecular flexibility index (Phi) is 2.09. The minimum absolute atomic E-state index is 0.0765. The summed E-state index contributed by atoms with van der Waals surface area (Å²) < 4.78 is 1.89. The summed E-state index contributed by atoms with van der Waals surface area (Å²) in [6.45, 7) is 0.819. The summed E-state index contributed by atoms with van der Waals surface area (Å²) in [4.78, 5) is 0. The molecule has 1 aromatic heterocycles. The fourth-order valence-electron chi connectivity index (χ4n) is 1.51. The quantitative estimate of drug-likeness (QED) is 0.680. The summed E-state index contributed by atoms with van der Waals surface area (Å²) >= 11 is 0. The minimum atomic E-state index is -0.0765. The summed E-state index contributed by atoms with van der Waals surface area (Å²) in [7, 11) is 0. The molecule has 0 saturated heterocycles. The molecular weight excluding hydrogens is 166 g/mol. The SMILES string of the molecule is NCCc1ccn(C2(CO)CC2)n1. The molecule has 0 amide bonds. The highest BCUT2D eigenvalue weighted by Crippen LogP contribution is 2.42. The van der Waals surface area contributed by atoms with Crippen molar-refractivity contribution < 1.29 is 5.11 Å². The van der Waals surface area contributed by atoms with Gasteiger partial charge in [0, 0.05) is 12.6 Å². The minimum Gasteiger partial charge on any atom is -0.394 e. The first-order valence-electron chi connectivity index (χ1n) is 4.67. The lowest BCUT2D eigenvalue weighted by Gasteiger charge is -2.11. The van der Waals surface area contributed by atoms with E-state index in [-0.39, 0.29) is 12.1 Å². The van der Waals surface area contributed by atoms with Crippen LogP contribution in [0, 0.1) is 0 Å². The molecule has 0 atom stereocenters. The Labute approximate surface area is 77.4 Å². The number of aromatic nitrogens is 2. The average Bonchev–Trinajstić information content (AvgIpc) is 2.82. The first kappa shape index (κ1) is 8.72. The number of nitrogens with zero attached hydrogens (tertiary/aromatic N) is 2. The van der Waals surface area contributed by atoms with E-state index in [1.807, 2.05) is 16.9 Å². The molecule has 0 spiro atoms. The molecule has 1 aliphatic carbocycles.